The molecule has 21 heavy (non-hydrogen) atoms. The van der Waals surface area contributed by atoms with E-state index in [0.29, 0.717) is 5.11 Å². The quantitative estimate of drug-likeness (QED) is 0.704. The predicted octanol–water partition coefficient (Wildman–Crippen LogP) is 4.53. The molecule has 3 aromatic carbocycles. The molecule has 0 unspecified atom stereocenters. The van der Waals surface area contributed by atoms with Gasteiger partial charge in [0.05, 0.1) is 11.4 Å². The molecule has 0 saturated carbocycles. The minimum Gasteiger partial charge on any atom is -0.376 e. The first-order valence-electron chi connectivity index (χ1n) is 6.81. The van der Waals surface area contributed by atoms with Crippen molar-refractivity contribution >= 4 is 39.5 Å². The number of fused-ring (bicyclic) bond motifs is 1. The Kier molecular flexibility index (Phi) is 3.59. The summed E-state index contributed by atoms with van der Waals surface area (Å²) in [6.07, 6.45) is 0. The van der Waals surface area contributed by atoms with Crippen LogP contribution in [0, 0.1) is 6.92 Å². The predicted molar refractivity (Wildman–Crippen MR) is 94.1 cm³/mol. The number of thiocarbonyl (C=S) groups is 1. The lowest BCUT2D eigenvalue weighted by atomic mass is 10.1. The van der Waals surface area contributed by atoms with E-state index in [1.54, 1.807) is 0 Å². The van der Waals surface area contributed by atoms with E-state index in [-0.39, 0.29) is 0 Å². The average Bonchev–Trinajstić information content (AvgIpc) is 2.49. The SMILES string of the molecule is Cc1ccccc1N(C(N)=S)c1cccc2ccccc12. The molecule has 0 aliphatic rings. The number of nitrogens with zero attached hydrogens (tertiary/aromatic N) is 1. The largest absolute Gasteiger partial charge is 0.376 e. The molecule has 0 amide bonds. The van der Waals surface area contributed by atoms with Crippen molar-refractivity contribution in [2.45, 2.75) is 6.92 Å². The molecule has 3 aromatic rings. The molecule has 2 N–H and O–H groups in total. The highest BCUT2D eigenvalue weighted by Crippen LogP contribution is 2.33. The van der Waals surface area contributed by atoms with Gasteiger partial charge in [-0.15, -0.1) is 0 Å². The maximum atomic E-state index is 6.02. The molecule has 0 aliphatic carbocycles. The summed E-state index contributed by atoms with van der Waals surface area (Å²) in [4.78, 5) is 1.94. The third-order valence-electron chi connectivity index (χ3n) is 3.58. The van der Waals surface area contributed by atoms with Crippen LogP contribution in [0.3, 0.4) is 0 Å². The number of para-hydroxylation sites is 1. The fourth-order valence-corrected chi connectivity index (χ4v) is 2.78. The van der Waals surface area contributed by atoms with E-state index in [1.807, 2.05) is 47.4 Å². The summed E-state index contributed by atoms with van der Waals surface area (Å²) in [6, 6.07) is 22.5. The summed E-state index contributed by atoms with van der Waals surface area (Å²) >= 11 is 5.31. The van der Waals surface area contributed by atoms with E-state index < -0.39 is 0 Å². The molecule has 0 bridgehead atoms. The summed E-state index contributed by atoms with van der Waals surface area (Å²) in [5.41, 5.74) is 9.18. The zero-order valence-corrected chi connectivity index (χ0v) is 12.6. The average molecular weight is 292 g/mol. The van der Waals surface area contributed by atoms with Crippen LogP contribution in [0.5, 0.6) is 0 Å². The van der Waals surface area contributed by atoms with E-state index in [0.717, 1.165) is 22.3 Å². The smallest absolute Gasteiger partial charge is 0.175 e. The van der Waals surface area contributed by atoms with Gasteiger partial charge in [-0.3, -0.25) is 4.90 Å². The third-order valence-corrected chi connectivity index (χ3v) is 3.77. The molecule has 0 heterocycles. The maximum absolute atomic E-state index is 6.02. The second-order valence-corrected chi connectivity index (χ2v) is 5.38. The van der Waals surface area contributed by atoms with Gasteiger partial charge >= 0.3 is 0 Å². The van der Waals surface area contributed by atoms with Gasteiger partial charge in [-0.1, -0.05) is 54.6 Å². The van der Waals surface area contributed by atoms with Gasteiger partial charge in [-0.25, -0.2) is 0 Å². The van der Waals surface area contributed by atoms with Crippen LogP contribution in [0.2, 0.25) is 0 Å². The summed E-state index contributed by atoms with van der Waals surface area (Å²) in [7, 11) is 0. The molecule has 0 fully saturated rings. The number of benzene rings is 3. The third kappa shape index (κ3) is 2.48. The number of hydrogen-bond donors (Lipinski definition) is 1. The lowest BCUT2D eigenvalue weighted by molar-refractivity contribution is 1.31. The van der Waals surface area contributed by atoms with Crippen LogP contribution in [-0.4, -0.2) is 5.11 Å². The van der Waals surface area contributed by atoms with Gasteiger partial charge in [0.2, 0.25) is 0 Å². The second kappa shape index (κ2) is 5.54. The molecular weight excluding hydrogens is 276 g/mol. The maximum Gasteiger partial charge on any atom is 0.175 e. The van der Waals surface area contributed by atoms with Gasteiger partial charge < -0.3 is 5.73 Å². The Morgan fingerprint density at radius 2 is 1.48 bits per heavy atom. The summed E-state index contributed by atoms with van der Waals surface area (Å²) < 4.78 is 0. The van der Waals surface area contributed by atoms with Crippen molar-refractivity contribution in [3.05, 3.63) is 72.3 Å². The number of aryl methyl sites for hydroxylation is 1. The first-order valence-corrected chi connectivity index (χ1v) is 7.22. The zero-order chi connectivity index (χ0) is 14.8. The van der Waals surface area contributed by atoms with Crippen molar-refractivity contribution in [1.82, 2.24) is 0 Å². The highest BCUT2D eigenvalue weighted by atomic mass is 32.1. The normalized spacial score (nSPS) is 10.5. The Labute approximate surface area is 129 Å². The van der Waals surface area contributed by atoms with Crippen molar-refractivity contribution in [3.63, 3.8) is 0 Å². The van der Waals surface area contributed by atoms with Crippen LogP contribution < -0.4 is 10.6 Å². The zero-order valence-electron chi connectivity index (χ0n) is 11.8. The highest BCUT2D eigenvalue weighted by Gasteiger charge is 2.16. The Bertz CT molecular complexity index is 806. The lowest BCUT2D eigenvalue weighted by Crippen LogP contribution is -2.31. The van der Waals surface area contributed by atoms with Crippen LogP contribution in [0.1, 0.15) is 5.56 Å². The second-order valence-electron chi connectivity index (χ2n) is 4.96. The summed E-state index contributed by atoms with van der Waals surface area (Å²) in [5, 5.41) is 2.65. The van der Waals surface area contributed by atoms with E-state index >= 15 is 0 Å². The molecule has 2 nitrogen and oxygen atoms in total. The first kappa shape index (κ1) is 13.6. The van der Waals surface area contributed by atoms with Crippen LogP contribution in [0.4, 0.5) is 11.4 Å². The van der Waals surface area contributed by atoms with E-state index in [2.05, 4.69) is 31.2 Å². The lowest BCUT2D eigenvalue weighted by Gasteiger charge is -2.26. The van der Waals surface area contributed by atoms with Crippen molar-refractivity contribution in [3.8, 4) is 0 Å². The number of anilines is 2. The Hall–Kier alpha value is -2.39. The van der Waals surface area contributed by atoms with E-state index in [9.17, 15) is 0 Å². The Morgan fingerprint density at radius 3 is 2.24 bits per heavy atom. The summed E-state index contributed by atoms with van der Waals surface area (Å²) in [6.45, 7) is 2.06. The minimum absolute atomic E-state index is 0.348. The van der Waals surface area contributed by atoms with Gasteiger partial charge in [0.1, 0.15) is 0 Å². The molecule has 0 saturated heterocycles. The first-order chi connectivity index (χ1) is 10.2. The van der Waals surface area contributed by atoms with Crippen molar-refractivity contribution in [2.75, 3.05) is 4.90 Å². The molecule has 0 radical (unpaired) electrons. The Balaban J connectivity index is 2.26. The number of hydrogen-bond acceptors (Lipinski definition) is 1. The van der Waals surface area contributed by atoms with E-state index in [4.69, 9.17) is 18.0 Å². The van der Waals surface area contributed by atoms with Crippen LogP contribution in [0.15, 0.2) is 66.7 Å². The van der Waals surface area contributed by atoms with Crippen LogP contribution in [0.25, 0.3) is 10.8 Å². The van der Waals surface area contributed by atoms with Crippen LogP contribution in [-0.2, 0) is 0 Å². The summed E-state index contributed by atoms with van der Waals surface area (Å²) in [5.74, 6) is 0. The topological polar surface area (TPSA) is 29.3 Å². The van der Waals surface area contributed by atoms with Crippen molar-refractivity contribution in [1.29, 1.82) is 0 Å². The fourth-order valence-electron chi connectivity index (χ4n) is 2.58. The van der Waals surface area contributed by atoms with Crippen molar-refractivity contribution < 1.29 is 0 Å². The van der Waals surface area contributed by atoms with Gasteiger partial charge in [0.25, 0.3) is 0 Å². The molecule has 3 rings (SSSR count). The van der Waals surface area contributed by atoms with Crippen molar-refractivity contribution in [2.24, 2.45) is 5.73 Å². The Morgan fingerprint density at radius 1 is 0.857 bits per heavy atom. The van der Waals surface area contributed by atoms with E-state index in [1.165, 1.54) is 5.39 Å². The van der Waals surface area contributed by atoms with Gasteiger partial charge in [0, 0.05) is 5.39 Å². The molecular formula is C18H16N2S. The number of rotatable bonds is 2. The molecule has 0 aliphatic heterocycles. The molecule has 104 valence electrons. The minimum atomic E-state index is 0.348. The number of nitrogens with two attached hydrogens (primary N) is 1. The molecule has 0 aromatic heterocycles. The fraction of sp³-hybridized carbons (Fsp3) is 0.0556. The monoisotopic (exact) mass is 292 g/mol. The standard InChI is InChI=1S/C18H16N2S/c1-13-7-2-5-11-16(13)20(18(19)21)17-12-6-9-14-8-3-4-10-15(14)17/h2-12H,1H3,(H2,19,21). The van der Waals surface area contributed by atoms with Gasteiger partial charge in [0.15, 0.2) is 5.11 Å². The van der Waals surface area contributed by atoms with Gasteiger partial charge in [-0.05, 0) is 42.2 Å². The molecule has 3 heteroatoms. The molecule has 0 atom stereocenters. The molecule has 0 spiro atoms. The van der Waals surface area contributed by atoms with Gasteiger partial charge in [-0.2, -0.15) is 0 Å². The highest BCUT2D eigenvalue weighted by molar-refractivity contribution is 7.80. The van der Waals surface area contributed by atoms with Crippen LogP contribution >= 0.6 is 12.2 Å².